The van der Waals surface area contributed by atoms with Crippen LogP contribution in [0.3, 0.4) is 0 Å². The van der Waals surface area contributed by atoms with Crippen LogP contribution in [0, 0.1) is 6.92 Å². The van der Waals surface area contributed by atoms with Crippen LogP contribution >= 0.6 is 0 Å². The number of rotatable bonds is 4. The lowest BCUT2D eigenvalue weighted by molar-refractivity contribution is 0.756. The van der Waals surface area contributed by atoms with Gasteiger partial charge >= 0.3 is 0 Å². The van der Waals surface area contributed by atoms with Crippen LogP contribution in [-0.4, -0.2) is 16.5 Å². The van der Waals surface area contributed by atoms with E-state index in [1.807, 2.05) is 13.0 Å². The number of aryl methyl sites for hydroxylation is 2. The van der Waals surface area contributed by atoms with Gasteiger partial charge in [-0.1, -0.05) is 48.5 Å². The van der Waals surface area contributed by atoms with Crippen molar-refractivity contribution in [1.82, 2.24) is 9.97 Å². The highest BCUT2D eigenvalue weighted by Crippen LogP contribution is 2.33. The maximum atomic E-state index is 4.83. The van der Waals surface area contributed by atoms with Gasteiger partial charge in [-0.2, -0.15) is 4.98 Å². The number of benzene rings is 2. The van der Waals surface area contributed by atoms with E-state index in [0.29, 0.717) is 5.95 Å². The Morgan fingerprint density at radius 2 is 1.77 bits per heavy atom. The van der Waals surface area contributed by atoms with Crippen molar-refractivity contribution in [2.24, 2.45) is 0 Å². The predicted molar refractivity (Wildman–Crippen MR) is 107 cm³/mol. The molecule has 1 N–H and O–H groups in total. The van der Waals surface area contributed by atoms with Crippen molar-refractivity contribution in [2.75, 3.05) is 16.8 Å². The lowest BCUT2D eigenvalue weighted by Crippen LogP contribution is -2.26. The van der Waals surface area contributed by atoms with Gasteiger partial charge < -0.3 is 10.2 Å². The van der Waals surface area contributed by atoms with E-state index in [-0.39, 0.29) is 6.04 Å². The van der Waals surface area contributed by atoms with Gasteiger partial charge in [0.25, 0.3) is 0 Å². The van der Waals surface area contributed by atoms with Crippen LogP contribution in [0.1, 0.15) is 36.2 Å². The van der Waals surface area contributed by atoms with Crippen LogP contribution in [0.4, 0.5) is 17.5 Å². The fourth-order valence-electron chi connectivity index (χ4n) is 3.55. The third-order valence-corrected chi connectivity index (χ3v) is 4.87. The van der Waals surface area contributed by atoms with E-state index in [1.54, 1.807) is 0 Å². The second-order valence-electron chi connectivity index (χ2n) is 6.85. The minimum Gasteiger partial charge on any atom is -0.348 e. The number of anilines is 3. The second-order valence-corrected chi connectivity index (χ2v) is 6.85. The lowest BCUT2D eigenvalue weighted by Gasteiger charge is -2.30. The third kappa shape index (κ3) is 3.40. The molecule has 132 valence electrons. The highest BCUT2D eigenvalue weighted by atomic mass is 15.2. The van der Waals surface area contributed by atoms with E-state index >= 15 is 0 Å². The molecular weight excluding hydrogens is 320 g/mol. The van der Waals surface area contributed by atoms with Gasteiger partial charge in [0.2, 0.25) is 5.95 Å². The van der Waals surface area contributed by atoms with E-state index < -0.39 is 0 Å². The zero-order chi connectivity index (χ0) is 17.9. The molecule has 4 rings (SSSR count). The molecule has 2 heterocycles. The topological polar surface area (TPSA) is 41.1 Å². The number of hydrogen-bond acceptors (Lipinski definition) is 4. The first-order valence-corrected chi connectivity index (χ1v) is 9.23. The molecule has 1 aliphatic rings. The Kier molecular flexibility index (Phi) is 4.57. The van der Waals surface area contributed by atoms with Gasteiger partial charge in [0.05, 0.1) is 6.04 Å². The van der Waals surface area contributed by atoms with E-state index in [2.05, 4.69) is 76.7 Å². The molecule has 3 aromatic rings. The van der Waals surface area contributed by atoms with E-state index in [9.17, 15) is 0 Å². The van der Waals surface area contributed by atoms with Gasteiger partial charge in [-0.25, -0.2) is 4.98 Å². The number of para-hydroxylation sites is 1. The van der Waals surface area contributed by atoms with Gasteiger partial charge in [-0.05, 0) is 43.9 Å². The minimum absolute atomic E-state index is 0.152. The van der Waals surface area contributed by atoms with Crippen molar-refractivity contribution in [2.45, 2.75) is 32.7 Å². The summed E-state index contributed by atoms with van der Waals surface area (Å²) >= 11 is 0. The van der Waals surface area contributed by atoms with E-state index in [4.69, 9.17) is 4.98 Å². The number of hydrogen-bond donors (Lipinski definition) is 1. The SMILES string of the molecule is Cc1cc(N2CCCc3ccccc32)nc(NC(C)c2ccccc2)n1. The summed E-state index contributed by atoms with van der Waals surface area (Å²) in [7, 11) is 0. The summed E-state index contributed by atoms with van der Waals surface area (Å²) in [6, 6.07) is 21.2. The highest BCUT2D eigenvalue weighted by Gasteiger charge is 2.20. The summed E-state index contributed by atoms with van der Waals surface area (Å²) in [6.45, 7) is 5.15. The van der Waals surface area contributed by atoms with Gasteiger partial charge in [0.15, 0.2) is 0 Å². The molecule has 0 saturated carbocycles. The summed E-state index contributed by atoms with van der Waals surface area (Å²) in [4.78, 5) is 11.7. The predicted octanol–water partition coefficient (Wildman–Crippen LogP) is 5.04. The first kappa shape index (κ1) is 16.6. The average molecular weight is 344 g/mol. The second kappa shape index (κ2) is 7.16. The van der Waals surface area contributed by atoms with Gasteiger partial charge in [0, 0.05) is 24.0 Å². The number of fused-ring (bicyclic) bond motifs is 1. The summed E-state index contributed by atoms with van der Waals surface area (Å²) < 4.78 is 0. The third-order valence-electron chi connectivity index (χ3n) is 4.87. The van der Waals surface area contributed by atoms with Crippen molar-refractivity contribution < 1.29 is 0 Å². The fourth-order valence-corrected chi connectivity index (χ4v) is 3.55. The van der Waals surface area contributed by atoms with Crippen molar-refractivity contribution in [1.29, 1.82) is 0 Å². The molecule has 2 aromatic carbocycles. The molecule has 0 radical (unpaired) electrons. The molecule has 0 amide bonds. The molecule has 0 spiro atoms. The van der Waals surface area contributed by atoms with Crippen molar-refractivity contribution >= 4 is 17.5 Å². The Balaban J connectivity index is 1.63. The Morgan fingerprint density at radius 3 is 2.62 bits per heavy atom. The molecule has 26 heavy (non-hydrogen) atoms. The van der Waals surface area contributed by atoms with Crippen molar-refractivity contribution in [3.05, 3.63) is 77.5 Å². The first-order chi connectivity index (χ1) is 12.7. The molecule has 1 unspecified atom stereocenters. The maximum Gasteiger partial charge on any atom is 0.225 e. The Hall–Kier alpha value is -2.88. The molecule has 0 bridgehead atoms. The Labute approximate surface area is 154 Å². The van der Waals surface area contributed by atoms with Gasteiger partial charge in [-0.15, -0.1) is 0 Å². The number of aromatic nitrogens is 2. The summed E-state index contributed by atoms with van der Waals surface area (Å²) in [5.74, 6) is 1.65. The van der Waals surface area contributed by atoms with Crippen LogP contribution < -0.4 is 10.2 Å². The Morgan fingerprint density at radius 1 is 1.00 bits per heavy atom. The van der Waals surface area contributed by atoms with Gasteiger partial charge in [0.1, 0.15) is 5.82 Å². The monoisotopic (exact) mass is 344 g/mol. The lowest BCUT2D eigenvalue weighted by atomic mass is 10.0. The van der Waals surface area contributed by atoms with E-state index in [1.165, 1.54) is 16.8 Å². The molecule has 0 aliphatic carbocycles. The zero-order valence-electron chi connectivity index (χ0n) is 15.3. The number of nitrogens with one attached hydrogen (secondary N) is 1. The van der Waals surface area contributed by atoms with Crippen molar-refractivity contribution in [3.63, 3.8) is 0 Å². The van der Waals surface area contributed by atoms with Crippen LogP contribution in [0.2, 0.25) is 0 Å². The zero-order valence-corrected chi connectivity index (χ0v) is 15.3. The normalized spacial score (nSPS) is 14.6. The molecule has 0 fully saturated rings. The summed E-state index contributed by atoms with van der Waals surface area (Å²) in [5, 5.41) is 3.45. The smallest absolute Gasteiger partial charge is 0.225 e. The summed E-state index contributed by atoms with van der Waals surface area (Å²) in [5.41, 5.74) is 4.85. The average Bonchev–Trinajstić information content (AvgIpc) is 2.67. The number of nitrogens with zero attached hydrogens (tertiary/aromatic N) is 3. The maximum absolute atomic E-state index is 4.83. The standard InChI is InChI=1S/C22H24N4/c1-16-15-21(26-14-8-12-19-11-6-7-13-20(19)26)25-22(23-16)24-17(2)18-9-4-3-5-10-18/h3-7,9-11,13,15,17H,8,12,14H2,1-2H3,(H,23,24,25). The highest BCUT2D eigenvalue weighted by molar-refractivity contribution is 5.66. The fraction of sp³-hybridized carbons (Fsp3) is 0.273. The van der Waals surface area contributed by atoms with Crippen LogP contribution in [-0.2, 0) is 6.42 Å². The van der Waals surface area contributed by atoms with E-state index in [0.717, 1.165) is 30.9 Å². The van der Waals surface area contributed by atoms with Crippen LogP contribution in [0.25, 0.3) is 0 Å². The first-order valence-electron chi connectivity index (χ1n) is 9.23. The van der Waals surface area contributed by atoms with Crippen molar-refractivity contribution in [3.8, 4) is 0 Å². The molecular formula is C22H24N4. The summed E-state index contributed by atoms with van der Waals surface area (Å²) in [6.07, 6.45) is 2.27. The Bertz CT molecular complexity index is 892. The van der Waals surface area contributed by atoms with Crippen LogP contribution in [0.5, 0.6) is 0 Å². The quantitative estimate of drug-likeness (QED) is 0.720. The molecule has 1 atom stereocenters. The molecule has 1 aromatic heterocycles. The minimum atomic E-state index is 0.152. The van der Waals surface area contributed by atoms with Crippen LogP contribution in [0.15, 0.2) is 60.7 Å². The molecule has 4 heteroatoms. The molecule has 1 aliphatic heterocycles. The largest absolute Gasteiger partial charge is 0.348 e. The van der Waals surface area contributed by atoms with Gasteiger partial charge in [-0.3, -0.25) is 0 Å². The molecule has 0 saturated heterocycles. The molecule has 4 nitrogen and oxygen atoms in total.